The first-order chi connectivity index (χ1) is 5.49. The van der Waals surface area contributed by atoms with Crippen LogP contribution in [0, 0.1) is 0 Å². The Morgan fingerprint density at radius 3 is 2.75 bits per heavy atom. The molecule has 0 amide bonds. The molecule has 0 saturated carbocycles. The van der Waals surface area contributed by atoms with Gasteiger partial charge >= 0.3 is 0 Å². The predicted octanol–water partition coefficient (Wildman–Crippen LogP) is 0.602. The van der Waals surface area contributed by atoms with E-state index in [0.717, 1.165) is 4.88 Å². The van der Waals surface area contributed by atoms with Crippen LogP contribution in [-0.2, 0) is 10.2 Å². The van der Waals surface area contributed by atoms with E-state index in [1.165, 1.54) is 11.3 Å². The second kappa shape index (κ2) is 3.53. The minimum atomic E-state index is -3.59. The molecule has 0 fully saturated rings. The molecule has 0 unspecified atom stereocenters. The van der Waals surface area contributed by atoms with Crippen molar-refractivity contribution < 1.29 is 8.42 Å². The van der Waals surface area contributed by atoms with Crippen LogP contribution in [0.4, 0.5) is 0 Å². The van der Waals surface area contributed by atoms with Gasteiger partial charge in [-0.1, -0.05) is 6.07 Å². The summed E-state index contributed by atoms with van der Waals surface area (Å²) in [4.78, 5) is 0.948. The van der Waals surface area contributed by atoms with Crippen molar-refractivity contribution >= 4 is 21.5 Å². The first-order valence-corrected chi connectivity index (χ1v) is 5.75. The Morgan fingerprint density at radius 1 is 1.67 bits per heavy atom. The maximum Gasteiger partial charge on any atom is 0.274 e. The van der Waals surface area contributed by atoms with Crippen molar-refractivity contribution in [1.82, 2.24) is 4.72 Å². The summed E-state index contributed by atoms with van der Waals surface area (Å²) in [5.41, 5.74) is 0. The summed E-state index contributed by atoms with van der Waals surface area (Å²) in [5.74, 6) is 0. The van der Waals surface area contributed by atoms with E-state index in [0.29, 0.717) is 0 Å². The smallest absolute Gasteiger partial charge is 0.216 e. The van der Waals surface area contributed by atoms with Crippen molar-refractivity contribution in [3.05, 3.63) is 22.4 Å². The van der Waals surface area contributed by atoms with E-state index in [9.17, 15) is 8.42 Å². The van der Waals surface area contributed by atoms with E-state index < -0.39 is 10.2 Å². The Hall–Kier alpha value is -0.430. The molecule has 0 aromatic carbocycles. The van der Waals surface area contributed by atoms with Crippen LogP contribution >= 0.6 is 11.3 Å². The number of hydrogen-bond acceptors (Lipinski definition) is 3. The molecular formula is C6H10N2O2S2. The van der Waals surface area contributed by atoms with Gasteiger partial charge in [0.15, 0.2) is 0 Å². The van der Waals surface area contributed by atoms with Crippen LogP contribution in [-0.4, -0.2) is 8.42 Å². The van der Waals surface area contributed by atoms with Gasteiger partial charge in [-0.05, 0) is 18.4 Å². The molecule has 0 spiro atoms. The highest BCUT2D eigenvalue weighted by molar-refractivity contribution is 7.87. The van der Waals surface area contributed by atoms with Crippen molar-refractivity contribution in [1.29, 1.82) is 0 Å². The lowest BCUT2D eigenvalue weighted by atomic mass is 10.3. The van der Waals surface area contributed by atoms with Gasteiger partial charge in [0.2, 0.25) is 0 Å². The van der Waals surface area contributed by atoms with Crippen molar-refractivity contribution in [3.8, 4) is 0 Å². The second-order valence-corrected chi connectivity index (χ2v) is 4.70. The summed E-state index contributed by atoms with van der Waals surface area (Å²) in [5, 5.41) is 6.69. The Bertz CT molecular complexity index is 330. The highest BCUT2D eigenvalue weighted by atomic mass is 32.2. The number of nitrogens with one attached hydrogen (secondary N) is 1. The fourth-order valence-corrected chi connectivity index (χ4v) is 2.27. The number of hydrogen-bond donors (Lipinski definition) is 2. The Balaban J connectivity index is 2.68. The van der Waals surface area contributed by atoms with Gasteiger partial charge in [0.05, 0.1) is 6.04 Å². The lowest BCUT2D eigenvalue weighted by Crippen LogP contribution is -2.32. The predicted molar refractivity (Wildman–Crippen MR) is 49.0 cm³/mol. The molecule has 0 bridgehead atoms. The number of rotatable bonds is 3. The number of nitrogens with two attached hydrogens (primary N) is 1. The normalized spacial score (nSPS) is 14.5. The topological polar surface area (TPSA) is 72.2 Å². The lowest BCUT2D eigenvalue weighted by molar-refractivity contribution is 0.570. The van der Waals surface area contributed by atoms with E-state index in [2.05, 4.69) is 4.72 Å². The second-order valence-electron chi connectivity index (χ2n) is 2.40. The molecule has 1 heterocycles. The van der Waals surface area contributed by atoms with Gasteiger partial charge < -0.3 is 0 Å². The van der Waals surface area contributed by atoms with Crippen molar-refractivity contribution in [3.63, 3.8) is 0 Å². The highest BCUT2D eigenvalue weighted by Crippen LogP contribution is 2.17. The minimum absolute atomic E-state index is 0.250. The fraction of sp³-hybridized carbons (Fsp3) is 0.333. The molecule has 3 N–H and O–H groups in total. The minimum Gasteiger partial charge on any atom is -0.216 e. The average molecular weight is 206 g/mol. The summed E-state index contributed by atoms with van der Waals surface area (Å²) < 4.78 is 23.5. The third-order valence-electron chi connectivity index (χ3n) is 1.31. The van der Waals surface area contributed by atoms with Gasteiger partial charge in [-0.15, -0.1) is 11.3 Å². The zero-order valence-electron chi connectivity index (χ0n) is 6.52. The largest absolute Gasteiger partial charge is 0.274 e. The molecule has 6 heteroatoms. The summed E-state index contributed by atoms with van der Waals surface area (Å²) in [6.45, 7) is 1.75. The molecular weight excluding hydrogens is 196 g/mol. The third-order valence-corrected chi connectivity index (χ3v) is 3.05. The fourth-order valence-electron chi connectivity index (χ4n) is 0.842. The van der Waals surface area contributed by atoms with Crippen LogP contribution < -0.4 is 9.86 Å². The molecule has 1 aromatic heterocycles. The zero-order valence-corrected chi connectivity index (χ0v) is 8.15. The molecule has 0 aliphatic heterocycles. The van der Waals surface area contributed by atoms with Gasteiger partial charge in [-0.3, -0.25) is 0 Å². The van der Waals surface area contributed by atoms with Crippen molar-refractivity contribution in [2.75, 3.05) is 0 Å². The van der Waals surface area contributed by atoms with E-state index in [1.54, 1.807) is 6.92 Å². The van der Waals surface area contributed by atoms with Gasteiger partial charge in [0, 0.05) is 4.88 Å². The monoisotopic (exact) mass is 206 g/mol. The first-order valence-electron chi connectivity index (χ1n) is 3.32. The van der Waals surface area contributed by atoms with Crippen LogP contribution in [0.15, 0.2) is 17.5 Å². The molecule has 12 heavy (non-hydrogen) atoms. The summed E-state index contributed by atoms with van der Waals surface area (Å²) in [7, 11) is -3.59. The van der Waals surface area contributed by atoms with Crippen LogP contribution in [0.1, 0.15) is 17.8 Å². The first kappa shape index (κ1) is 9.66. The maximum atomic E-state index is 10.6. The summed E-state index contributed by atoms with van der Waals surface area (Å²) in [6.07, 6.45) is 0. The van der Waals surface area contributed by atoms with E-state index in [4.69, 9.17) is 5.14 Å². The highest BCUT2D eigenvalue weighted by Gasteiger charge is 2.11. The zero-order chi connectivity index (χ0) is 9.19. The van der Waals surface area contributed by atoms with Gasteiger partial charge in [-0.25, -0.2) is 5.14 Å². The van der Waals surface area contributed by atoms with E-state index in [-0.39, 0.29) is 6.04 Å². The molecule has 1 aromatic rings. The van der Waals surface area contributed by atoms with Crippen LogP contribution in [0.5, 0.6) is 0 Å². The molecule has 4 nitrogen and oxygen atoms in total. The number of thiophene rings is 1. The quantitative estimate of drug-likeness (QED) is 0.760. The van der Waals surface area contributed by atoms with Crippen LogP contribution in [0.3, 0.4) is 0 Å². The van der Waals surface area contributed by atoms with Crippen LogP contribution in [0.25, 0.3) is 0 Å². The van der Waals surface area contributed by atoms with E-state index >= 15 is 0 Å². The maximum absolute atomic E-state index is 10.6. The van der Waals surface area contributed by atoms with Gasteiger partial charge in [-0.2, -0.15) is 13.1 Å². The molecule has 1 rings (SSSR count). The van der Waals surface area contributed by atoms with Crippen LogP contribution in [0.2, 0.25) is 0 Å². The Kier molecular flexibility index (Phi) is 2.84. The van der Waals surface area contributed by atoms with Gasteiger partial charge in [0.1, 0.15) is 0 Å². The molecule has 0 aliphatic carbocycles. The molecule has 1 atom stereocenters. The van der Waals surface area contributed by atoms with Crippen molar-refractivity contribution in [2.24, 2.45) is 5.14 Å². The summed E-state index contributed by atoms with van der Waals surface area (Å²) >= 11 is 1.49. The molecule has 0 aliphatic rings. The SMILES string of the molecule is C[C@H](NS(N)(=O)=O)c1cccs1. The molecule has 0 saturated heterocycles. The average Bonchev–Trinajstić information content (AvgIpc) is 2.32. The third kappa shape index (κ3) is 2.90. The lowest BCUT2D eigenvalue weighted by Gasteiger charge is -2.08. The van der Waals surface area contributed by atoms with E-state index in [1.807, 2.05) is 17.5 Å². The van der Waals surface area contributed by atoms with Crippen molar-refractivity contribution in [2.45, 2.75) is 13.0 Å². The summed E-state index contributed by atoms with van der Waals surface area (Å²) in [6, 6.07) is 3.47. The standard InChI is InChI=1S/C6H10N2O2S2/c1-5(8-12(7,9)10)6-3-2-4-11-6/h2-5,8H,1H3,(H2,7,9,10)/t5-/m0/s1. The molecule has 0 radical (unpaired) electrons. The Morgan fingerprint density at radius 2 is 2.33 bits per heavy atom. The van der Waals surface area contributed by atoms with Gasteiger partial charge in [0.25, 0.3) is 10.2 Å². The Labute approximate surface area is 75.6 Å². The molecule has 68 valence electrons.